The number of rotatable bonds is 8. The van der Waals surface area contributed by atoms with E-state index in [9.17, 15) is 9.59 Å². The van der Waals surface area contributed by atoms with Gasteiger partial charge in [-0.25, -0.2) is 9.97 Å². The molecule has 1 aromatic rings. The molecule has 2 aliphatic heterocycles. The molecule has 0 radical (unpaired) electrons. The number of fused-ring (bicyclic) bond motifs is 1. The lowest BCUT2D eigenvalue weighted by molar-refractivity contribution is -0.138. The number of piperidine rings is 1. The second-order valence-electron chi connectivity index (χ2n) is 8.93. The first kappa shape index (κ1) is 22.1. The minimum Gasteiger partial charge on any atom is -0.379 e. The van der Waals surface area contributed by atoms with Crippen LogP contribution in [0.3, 0.4) is 0 Å². The highest BCUT2D eigenvalue weighted by Crippen LogP contribution is 2.22. The Bertz CT molecular complexity index is 794. The van der Waals surface area contributed by atoms with Gasteiger partial charge in [0.25, 0.3) is 0 Å². The number of aromatic nitrogens is 2. The largest absolute Gasteiger partial charge is 0.379 e. The molecule has 0 saturated carbocycles. The van der Waals surface area contributed by atoms with E-state index in [4.69, 9.17) is 9.72 Å². The number of carbonyl (C=O) groups is 2. The van der Waals surface area contributed by atoms with Crippen LogP contribution in [0.5, 0.6) is 0 Å². The van der Waals surface area contributed by atoms with Crippen molar-refractivity contribution in [3.63, 3.8) is 0 Å². The van der Waals surface area contributed by atoms with Gasteiger partial charge in [0.2, 0.25) is 11.8 Å². The Labute approximate surface area is 184 Å². The first-order chi connectivity index (χ1) is 15.1. The van der Waals surface area contributed by atoms with Gasteiger partial charge in [0, 0.05) is 63.5 Å². The van der Waals surface area contributed by atoms with E-state index in [1.807, 2.05) is 4.90 Å². The van der Waals surface area contributed by atoms with Crippen molar-refractivity contribution in [3.8, 4) is 0 Å². The number of likely N-dealkylation sites (tertiary alicyclic amines) is 1. The molecule has 0 spiro atoms. The lowest BCUT2D eigenvalue weighted by Crippen LogP contribution is -2.47. The van der Waals surface area contributed by atoms with Crippen molar-refractivity contribution in [2.24, 2.45) is 5.92 Å². The Morgan fingerprint density at radius 3 is 2.84 bits per heavy atom. The average molecular weight is 430 g/mol. The summed E-state index contributed by atoms with van der Waals surface area (Å²) >= 11 is 0. The number of carbonyl (C=O) groups excluding carboxylic acids is 2. The fourth-order valence-electron chi connectivity index (χ4n) is 4.89. The van der Waals surface area contributed by atoms with Crippen molar-refractivity contribution in [1.82, 2.24) is 25.1 Å². The standard InChI is InChI=1S/C23H35N5O3/c1-17-19-4-2-5-20(19)26-21(25-17)8-9-24-23(30)18-6-7-22(29)28(16-18)11-3-10-27-12-14-31-15-13-27/h18H,2-16H2,1H3,(H,24,30)/t18-/m0/s1. The molecular weight excluding hydrogens is 394 g/mol. The molecule has 4 rings (SSSR count). The van der Waals surface area contributed by atoms with E-state index in [0.29, 0.717) is 32.4 Å². The molecule has 0 bridgehead atoms. The minimum atomic E-state index is -0.122. The molecule has 31 heavy (non-hydrogen) atoms. The summed E-state index contributed by atoms with van der Waals surface area (Å²) in [6.45, 7) is 8.34. The van der Waals surface area contributed by atoms with Crippen molar-refractivity contribution < 1.29 is 14.3 Å². The number of nitrogens with zero attached hydrogens (tertiary/aromatic N) is 4. The summed E-state index contributed by atoms with van der Waals surface area (Å²) in [6, 6.07) is 0. The summed E-state index contributed by atoms with van der Waals surface area (Å²) in [6.07, 6.45) is 5.97. The van der Waals surface area contributed by atoms with Crippen LogP contribution in [0.2, 0.25) is 0 Å². The number of nitrogens with one attached hydrogen (secondary N) is 1. The van der Waals surface area contributed by atoms with Gasteiger partial charge in [0.05, 0.1) is 19.1 Å². The van der Waals surface area contributed by atoms with Gasteiger partial charge in [-0.3, -0.25) is 14.5 Å². The number of hydrogen-bond acceptors (Lipinski definition) is 6. The maximum absolute atomic E-state index is 12.7. The molecule has 1 atom stereocenters. The van der Waals surface area contributed by atoms with Crippen LogP contribution >= 0.6 is 0 Å². The van der Waals surface area contributed by atoms with E-state index >= 15 is 0 Å². The maximum atomic E-state index is 12.7. The van der Waals surface area contributed by atoms with Gasteiger partial charge in [-0.2, -0.15) is 0 Å². The highest BCUT2D eigenvalue weighted by atomic mass is 16.5. The monoisotopic (exact) mass is 429 g/mol. The molecule has 3 heterocycles. The summed E-state index contributed by atoms with van der Waals surface area (Å²) in [5, 5.41) is 3.05. The van der Waals surface area contributed by atoms with E-state index in [-0.39, 0.29) is 17.7 Å². The van der Waals surface area contributed by atoms with Gasteiger partial charge in [0.15, 0.2) is 0 Å². The molecule has 0 aromatic carbocycles. The van der Waals surface area contributed by atoms with Crippen molar-refractivity contribution in [2.45, 2.75) is 51.9 Å². The van der Waals surface area contributed by atoms with Gasteiger partial charge in [-0.1, -0.05) is 0 Å². The number of aryl methyl sites for hydroxylation is 2. The molecule has 1 N–H and O–H groups in total. The first-order valence-corrected chi connectivity index (χ1v) is 11.8. The summed E-state index contributed by atoms with van der Waals surface area (Å²) < 4.78 is 5.38. The Hall–Kier alpha value is -2.06. The average Bonchev–Trinajstić information content (AvgIpc) is 3.25. The van der Waals surface area contributed by atoms with Gasteiger partial charge in [0.1, 0.15) is 5.82 Å². The van der Waals surface area contributed by atoms with E-state index in [2.05, 4.69) is 22.1 Å². The second-order valence-corrected chi connectivity index (χ2v) is 8.93. The van der Waals surface area contributed by atoms with E-state index in [1.54, 1.807) is 0 Å². The summed E-state index contributed by atoms with van der Waals surface area (Å²) in [7, 11) is 0. The van der Waals surface area contributed by atoms with Crippen LogP contribution in [0.15, 0.2) is 0 Å². The first-order valence-electron chi connectivity index (χ1n) is 11.8. The normalized spacial score (nSPS) is 21.9. The smallest absolute Gasteiger partial charge is 0.224 e. The van der Waals surface area contributed by atoms with Crippen LogP contribution < -0.4 is 5.32 Å². The third kappa shape index (κ3) is 5.80. The highest BCUT2D eigenvalue weighted by molar-refractivity contribution is 5.83. The fraction of sp³-hybridized carbons (Fsp3) is 0.739. The van der Waals surface area contributed by atoms with E-state index in [0.717, 1.165) is 76.6 Å². The molecule has 1 aromatic heterocycles. The Morgan fingerprint density at radius 2 is 2.00 bits per heavy atom. The zero-order valence-electron chi connectivity index (χ0n) is 18.7. The molecule has 2 fully saturated rings. The topological polar surface area (TPSA) is 87.7 Å². The molecule has 8 heteroatoms. The number of hydrogen-bond donors (Lipinski definition) is 1. The number of morpholine rings is 1. The third-order valence-electron chi connectivity index (χ3n) is 6.71. The summed E-state index contributed by atoms with van der Waals surface area (Å²) in [5.74, 6) is 0.919. The molecule has 2 amide bonds. The molecule has 8 nitrogen and oxygen atoms in total. The zero-order chi connectivity index (χ0) is 21.6. The molecule has 0 unspecified atom stereocenters. The highest BCUT2D eigenvalue weighted by Gasteiger charge is 2.30. The van der Waals surface area contributed by atoms with E-state index < -0.39 is 0 Å². The molecule has 3 aliphatic rings. The molecule has 2 saturated heterocycles. The van der Waals surface area contributed by atoms with Crippen LogP contribution in [0.1, 0.15) is 48.5 Å². The lowest BCUT2D eigenvalue weighted by atomic mass is 9.96. The fourth-order valence-corrected chi connectivity index (χ4v) is 4.89. The van der Waals surface area contributed by atoms with E-state index in [1.165, 1.54) is 11.3 Å². The van der Waals surface area contributed by atoms with Gasteiger partial charge >= 0.3 is 0 Å². The van der Waals surface area contributed by atoms with Crippen molar-refractivity contribution in [2.75, 3.05) is 52.5 Å². The predicted octanol–water partition coefficient (Wildman–Crippen LogP) is 0.893. The van der Waals surface area contributed by atoms with Crippen LogP contribution in [-0.4, -0.2) is 84.1 Å². The minimum absolute atomic E-state index is 0.0450. The summed E-state index contributed by atoms with van der Waals surface area (Å²) in [5.41, 5.74) is 3.59. The van der Waals surface area contributed by atoms with Gasteiger partial charge < -0.3 is 15.0 Å². The Morgan fingerprint density at radius 1 is 1.16 bits per heavy atom. The predicted molar refractivity (Wildman–Crippen MR) is 117 cm³/mol. The Kier molecular flexibility index (Phi) is 7.50. The zero-order valence-corrected chi connectivity index (χ0v) is 18.7. The number of ether oxygens (including phenoxy) is 1. The second kappa shape index (κ2) is 10.5. The van der Waals surface area contributed by atoms with Gasteiger partial charge in [-0.15, -0.1) is 0 Å². The summed E-state index contributed by atoms with van der Waals surface area (Å²) in [4.78, 5) is 38.6. The lowest BCUT2D eigenvalue weighted by Gasteiger charge is -2.33. The van der Waals surface area contributed by atoms with Crippen LogP contribution in [0, 0.1) is 12.8 Å². The third-order valence-corrected chi connectivity index (χ3v) is 6.71. The number of amides is 2. The molecule has 1 aliphatic carbocycles. The SMILES string of the molecule is Cc1nc(CCNC(=O)[C@H]2CCC(=O)N(CCCN3CCOCC3)C2)nc2c1CCC2. The Balaban J connectivity index is 1.20. The van der Waals surface area contributed by atoms with Crippen LogP contribution in [0.25, 0.3) is 0 Å². The van der Waals surface area contributed by atoms with Crippen molar-refractivity contribution in [3.05, 3.63) is 22.8 Å². The van der Waals surface area contributed by atoms with Crippen molar-refractivity contribution >= 4 is 11.8 Å². The van der Waals surface area contributed by atoms with Crippen LogP contribution in [-0.2, 0) is 33.6 Å². The van der Waals surface area contributed by atoms with Gasteiger partial charge in [-0.05, 0) is 44.6 Å². The molecular formula is C23H35N5O3. The molecule has 170 valence electrons. The van der Waals surface area contributed by atoms with Crippen LogP contribution in [0.4, 0.5) is 0 Å². The maximum Gasteiger partial charge on any atom is 0.224 e. The quantitative estimate of drug-likeness (QED) is 0.661. The van der Waals surface area contributed by atoms with Crippen molar-refractivity contribution in [1.29, 1.82) is 0 Å².